The molecule has 144 valence electrons. The quantitative estimate of drug-likeness (QED) is 0.504. The van der Waals surface area contributed by atoms with Crippen LogP contribution in [0.25, 0.3) is 0 Å². The lowest BCUT2D eigenvalue weighted by atomic mass is 10.1. The van der Waals surface area contributed by atoms with Gasteiger partial charge in [0.05, 0.1) is 22.7 Å². The summed E-state index contributed by atoms with van der Waals surface area (Å²) in [6.07, 6.45) is 0. The Balaban J connectivity index is 1.76. The van der Waals surface area contributed by atoms with E-state index in [-0.39, 0.29) is 29.5 Å². The van der Waals surface area contributed by atoms with Crippen molar-refractivity contribution in [3.63, 3.8) is 0 Å². The first-order valence-corrected chi connectivity index (χ1v) is 8.69. The van der Waals surface area contributed by atoms with Gasteiger partial charge in [-0.1, -0.05) is 30.3 Å². The molecular weight excluding hydrogens is 360 g/mol. The van der Waals surface area contributed by atoms with Gasteiger partial charge in [-0.2, -0.15) is 5.10 Å². The number of phenolic OH excluding ortho intramolecular Hbond substituents is 1. The van der Waals surface area contributed by atoms with Crippen molar-refractivity contribution in [2.75, 3.05) is 0 Å². The molecule has 0 aliphatic rings. The minimum absolute atomic E-state index is 0.0326. The van der Waals surface area contributed by atoms with Gasteiger partial charge in [0.25, 0.3) is 11.6 Å². The van der Waals surface area contributed by atoms with Crippen LogP contribution in [-0.4, -0.2) is 25.7 Å². The third-order valence-electron chi connectivity index (χ3n) is 4.50. The Hall–Kier alpha value is -3.68. The van der Waals surface area contributed by atoms with Crippen LogP contribution in [0.3, 0.4) is 0 Å². The average Bonchev–Trinajstić information content (AvgIpc) is 2.94. The number of hydrogen-bond donors (Lipinski definition) is 2. The molecule has 8 heteroatoms. The predicted molar refractivity (Wildman–Crippen MR) is 103 cm³/mol. The number of hydrogen-bond acceptors (Lipinski definition) is 5. The van der Waals surface area contributed by atoms with E-state index in [0.29, 0.717) is 17.8 Å². The molecule has 1 amide bonds. The van der Waals surface area contributed by atoms with E-state index in [1.807, 2.05) is 37.3 Å². The Morgan fingerprint density at radius 2 is 1.93 bits per heavy atom. The highest BCUT2D eigenvalue weighted by Crippen LogP contribution is 2.23. The first-order chi connectivity index (χ1) is 13.4. The minimum Gasteiger partial charge on any atom is -0.508 e. The lowest BCUT2D eigenvalue weighted by Crippen LogP contribution is -2.24. The van der Waals surface area contributed by atoms with Crippen LogP contribution in [-0.2, 0) is 13.1 Å². The van der Waals surface area contributed by atoms with Gasteiger partial charge in [0.15, 0.2) is 0 Å². The molecule has 1 aromatic heterocycles. The normalized spacial score (nSPS) is 10.6. The summed E-state index contributed by atoms with van der Waals surface area (Å²) >= 11 is 0. The number of nitrogens with one attached hydrogen (secondary N) is 1. The number of non-ortho nitro benzene ring substituents is 1. The van der Waals surface area contributed by atoms with Crippen molar-refractivity contribution in [1.29, 1.82) is 0 Å². The average molecular weight is 380 g/mol. The molecule has 0 aliphatic carbocycles. The highest BCUT2D eigenvalue weighted by Gasteiger charge is 2.19. The largest absolute Gasteiger partial charge is 0.508 e. The first kappa shape index (κ1) is 19.1. The zero-order chi connectivity index (χ0) is 20.3. The van der Waals surface area contributed by atoms with Crippen LogP contribution >= 0.6 is 0 Å². The number of aryl methyl sites for hydroxylation is 1. The van der Waals surface area contributed by atoms with Gasteiger partial charge >= 0.3 is 0 Å². The van der Waals surface area contributed by atoms with Gasteiger partial charge in [0, 0.05) is 29.9 Å². The van der Waals surface area contributed by atoms with Gasteiger partial charge in [0.2, 0.25) is 0 Å². The molecule has 2 aromatic carbocycles. The van der Waals surface area contributed by atoms with E-state index < -0.39 is 4.92 Å². The maximum Gasteiger partial charge on any atom is 0.270 e. The van der Waals surface area contributed by atoms with E-state index in [0.717, 1.165) is 11.3 Å². The Labute approximate surface area is 161 Å². The molecule has 3 rings (SSSR count). The number of benzene rings is 2. The van der Waals surface area contributed by atoms with Crippen molar-refractivity contribution in [1.82, 2.24) is 15.1 Å². The van der Waals surface area contributed by atoms with Crippen LogP contribution in [0.1, 0.15) is 32.9 Å². The summed E-state index contributed by atoms with van der Waals surface area (Å²) in [5.74, 6) is -0.459. The molecule has 0 spiro atoms. The Bertz CT molecular complexity index is 1030. The van der Waals surface area contributed by atoms with Gasteiger partial charge < -0.3 is 10.4 Å². The number of nitro groups is 1. The molecule has 0 fully saturated rings. The van der Waals surface area contributed by atoms with Gasteiger partial charge in [-0.3, -0.25) is 19.6 Å². The second-order valence-electron chi connectivity index (χ2n) is 6.44. The van der Waals surface area contributed by atoms with Crippen LogP contribution in [0.4, 0.5) is 5.69 Å². The number of nitrogens with zero attached hydrogens (tertiary/aromatic N) is 3. The molecular formula is C20H20N4O4. The third-order valence-corrected chi connectivity index (χ3v) is 4.50. The minimum atomic E-state index is -0.549. The molecule has 2 N–H and O–H groups in total. The summed E-state index contributed by atoms with van der Waals surface area (Å²) in [6, 6.07) is 13.5. The van der Waals surface area contributed by atoms with Crippen LogP contribution in [0.5, 0.6) is 5.75 Å². The lowest BCUT2D eigenvalue weighted by molar-refractivity contribution is -0.384. The molecule has 8 nitrogen and oxygen atoms in total. The van der Waals surface area contributed by atoms with E-state index in [9.17, 15) is 20.0 Å². The molecule has 0 aliphatic heterocycles. The van der Waals surface area contributed by atoms with E-state index >= 15 is 0 Å². The first-order valence-electron chi connectivity index (χ1n) is 8.69. The van der Waals surface area contributed by atoms with E-state index in [1.165, 1.54) is 18.2 Å². The Kier molecular flexibility index (Phi) is 5.39. The summed E-state index contributed by atoms with van der Waals surface area (Å²) in [5, 5.41) is 27.9. The Morgan fingerprint density at radius 1 is 1.21 bits per heavy atom. The number of carbonyl (C=O) groups excluding carboxylic acids is 1. The van der Waals surface area contributed by atoms with Crippen LogP contribution in [0, 0.1) is 24.0 Å². The topological polar surface area (TPSA) is 110 Å². The van der Waals surface area contributed by atoms with Crippen molar-refractivity contribution < 1.29 is 14.8 Å². The second kappa shape index (κ2) is 7.91. The van der Waals surface area contributed by atoms with E-state index in [2.05, 4.69) is 10.4 Å². The van der Waals surface area contributed by atoms with Crippen molar-refractivity contribution in [3.05, 3.63) is 86.7 Å². The molecule has 0 saturated heterocycles. The summed E-state index contributed by atoms with van der Waals surface area (Å²) in [4.78, 5) is 23.0. The van der Waals surface area contributed by atoms with Crippen LogP contribution in [0.15, 0.2) is 48.5 Å². The standard InChI is InChI=1S/C20H20N4O4/c1-13-19(14(2)23(22-13)12-15-6-4-3-5-7-15)20(26)21-11-16-10-17(24(27)28)8-9-18(16)25/h3-10,25H,11-12H2,1-2H3,(H,21,26). The fraction of sp³-hybridized carbons (Fsp3) is 0.200. The molecule has 1 heterocycles. The fourth-order valence-electron chi connectivity index (χ4n) is 3.03. The summed E-state index contributed by atoms with van der Waals surface area (Å²) < 4.78 is 1.77. The van der Waals surface area contributed by atoms with Crippen LogP contribution < -0.4 is 5.32 Å². The number of rotatable bonds is 6. The Morgan fingerprint density at radius 3 is 2.61 bits per heavy atom. The zero-order valence-corrected chi connectivity index (χ0v) is 15.5. The number of carbonyl (C=O) groups is 1. The van der Waals surface area contributed by atoms with Crippen molar-refractivity contribution in [2.24, 2.45) is 0 Å². The third kappa shape index (κ3) is 4.01. The van der Waals surface area contributed by atoms with Crippen molar-refractivity contribution >= 4 is 11.6 Å². The van der Waals surface area contributed by atoms with Crippen LogP contribution in [0.2, 0.25) is 0 Å². The number of amides is 1. The van der Waals surface area contributed by atoms with Gasteiger partial charge in [-0.25, -0.2) is 0 Å². The SMILES string of the molecule is Cc1nn(Cc2ccccc2)c(C)c1C(=O)NCc1cc([N+](=O)[O-])ccc1O. The number of nitro benzene ring substituents is 1. The predicted octanol–water partition coefficient (Wildman–Crippen LogP) is 3.09. The summed E-state index contributed by atoms with van der Waals surface area (Å²) in [7, 11) is 0. The molecule has 0 radical (unpaired) electrons. The fourth-order valence-corrected chi connectivity index (χ4v) is 3.03. The number of aromatic nitrogens is 2. The monoisotopic (exact) mass is 380 g/mol. The van der Waals surface area contributed by atoms with Crippen molar-refractivity contribution in [3.8, 4) is 5.75 Å². The van der Waals surface area contributed by atoms with E-state index in [1.54, 1.807) is 11.6 Å². The zero-order valence-electron chi connectivity index (χ0n) is 15.5. The maximum absolute atomic E-state index is 12.7. The molecule has 0 unspecified atom stereocenters. The summed E-state index contributed by atoms with van der Waals surface area (Å²) in [5.41, 5.74) is 2.97. The van der Waals surface area contributed by atoms with E-state index in [4.69, 9.17) is 0 Å². The highest BCUT2D eigenvalue weighted by molar-refractivity contribution is 5.96. The number of phenols is 1. The van der Waals surface area contributed by atoms with Crippen molar-refractivity contribution in [2.45, 2.75) is 26.9 Å². The molecule has 0 bridgehead atoms. The van der Waals surface area contributed by atoms with Gasteiger partial charge in [-0.05, 0) is 25.5 Å². The molecule has 0 atom stereocenters. The highest BCUT2D eigenvalue weighted by atomic mass is 16.6. The van der Waals surface area contributed by atoms with Gasteiger partial charge in [0.1, 0.15) is 5.75 Å². The lowest BCUT2D eigenvalue weighted by Gasteiger charge is -2.08. The van der Waals surface area contributed by atoms with Gasteiger partial charge in [-0.15, -0.1) is 0 Å². The molecule has 3 aromatic rings. The second-order valence-corrected chi connectivity index (χ2v) is 6.44. The molecule has 0 saturated carbocycles. The summed E-state index contributed by atoms with van der Waals surface area (Å²) in [6.45, 7) is 4.10. The maximum atomic E-state index is 12.7. The molecule has 28 heavy (non-hydrogen) atoms. The smallest absolute Gasteiger partial charge is 0.270 e. The number of aromatic hydroxyl groups is 1.